The summed E-state index contributed by atoms with van der Waals surface area (Å²) < 4.78 is 147. The molecule has 0 spiro atoms. The molecule has 0 aliphatic rings. The molecule has 0 bridgehead atoms. The highest BCUT2D eigenvalue weighted by molar-refractivity contribution is 7.87. The molecule has 2 amide bonds. The Bertz CT molecular complexity index is 3160. The third-order valence-corrected chi connectivity index (χ3v) is 12.6. The summed E-state index contributed by atoms with van der Waals surface area (Å²) in [6, 6.07) is 16.2. The molecule has 0 fully saturated rings. The number of carbonyl (C=O) groups is 1. The molecule has 0 saturated carbocycles. The van der Waals surface area contributed by atoms with Crippen molar-refractivity contribution >= 4 is 102 Å². The van der Waals surface area contributed by atoms with Gasteiger partial charge in [0.15, 0.2) is 0 Å². The van der Waals surface area contributed by atoms with Crippen LogP contribution >= 0.6 is 0 Å². The highest BCUT2D eigenvalue weighted by Crippen LogP contribution is 2.39. The van der Waals surface area contributed by atoms with Gasteiger partial charge in [-0.15, -0.1) is 0 Å². The number of azo groups is 2. The minimum atomic E-state index is -4.90. The number of nitrogens with one attached hydrogen (secondary N) is 2. The molecule has 0 heterocycles. The van der Waals surface area contributed by atoms with Gasteiger partial charge in [0.2, 0.25) is 0 Å². The first-order valence-electron chi connectivity index (χ1n) is 17.2. The number of benzene rings is 6. The molecule has 6 aromatic carbocycles. The first kappa shape index (κ1) is 45.1. The Morgan fingerprint density at radius 3 is 1.16 bits per heavy atom. The fraction of sp³-hybridized carbons (Fsp3) is 0.108. The second kappa shape index (κ2) is 16.8. The lowest BCUT2D eigenvalue weighted by molar-refractivity contribution is 0.262. The number of hydrogen-bond donors (Lipinski definition) is 6. The van der Waals surface area contributed by atoms with Gasteiger partial charge in [0, 0.05) is 33.7 Å². The summed E-state index contributed by atoms with van der Waals surface area (Å²) in [4.78, 5) is 10.7. The predicted octanol–water partition coefficient (Wildman–Crippen LogP) is 8.09. The standard InChI is InChI=1S/C37H32N6O15S4/c1-19-11-29(31(57-3)17-27(19)42-40-21-13-25-23(35(15-21)61(51,52)53)7-5-9-33(25)59(45,46)47)38-37(44)39-30-12-20(2)28(18-32(30)58-4)43-41-22-14-26-24(36(16-22)62(54,55)56)8-6-10-34(26)60(48,49)50/h5-18H,1-4H3,(H2,38,39,44)(H,45,46,47)(H,48,49,50)(H,51,52,53)(H,54,55,56)/b42-40+,43-41+. The number of rotatable bonds is 12. The van der Waals surface area contributed by atoms with Crippen LogP contribution in [0.5, 0.6) is 11.5 Å². The van der Waals surface area contributed by atoms with E-state index in [0.717, 1.165) is 36.4 Å². The van der Waals surface area contributed by atoms with Crippen LogP contribution in [0.25, 0.3) is 21.5 Å². The van der Waals surface area contributed by atoms with Gasteiger partial charge in [-0.25, -0.2) is 4.79 Å². The third kappa shape index (κ3) is 9.69. The Hall–Kier alpha value is -6.45. The number of methoxy groups -OCH3 is 2. The highest BCUT2D eigenvalue weighted by Gasteiger charge is 2.23. The minimum Gasteiger partial charge on any atom is -0.494 e. The summed E-state index contributed by atoms with van der Waals surface area (Å²) >= 11 is 0. The maximum Gasteiger partial charge on any atom is 0.323 e. The van der Waals surface area contributed by atoms with Crippen molar-refractivity contribution in [1.29, 1.82) is 0 Å². The van der Waals surface area contributed by atoms with Gasteiger partial charge in [0.05, 0.1) is 48.3 Å². The maximum absolute atomic E-state index is 13.3. The molecule has 0 aliphatic heterocycles. The molecule has 6 N–H and O–H groups in total. The van der Waals surface area contributed by atoms with Crippen molar-refractivity contribution in [2.45, 2.75) is 33.4 Å². The summed E-state index contributed by atoms with van der Waals surface area (Å²) in [5.74, 6) is 0.193. The van der Waals surface area contributed by atoms with E-state index in [-0.39, 0.29) is 67.2 Å². The van der Waals surface area contributed by atoms with Crippen LogP contribution in [-0.2, 0) is 40.5 Å². The summed E-state index contributed by atoms with van der Waals surface area (Å²) in [7, 11) is -16.8. The van der Waals surface area contributed by atoms with Gasteiger partial charge in [-0.1, -0.05) is 24.3 Å². The zero-order valence-electron chi connectivity index (χ0n) is 32.3. The summed E-state index contributed by atoms with van der Waals surface area (Å²) in [6.45, 7) is 3.21. The summed E-state index contributed by atoms with van der Waals surface area (Å²) in [5, 5.41) is 20.7. The fourth-order valence-electron chi connectivity index (χ4n) is 6.21. The van der Waals surface area contributed by atoms with E-state index < -0.39 is 66.1 Å². The molecule has 0 aromatic heterocycles. The molecule has 0 radical (unpaired) electrons. The Morgan fingerprint density at radius 2 is 0.839 bits per heavy atom. The van der Waals surface area contributed by atoms with Gasteiger partial charge >= 0.3 is 6.03 Å². The average Bonchev–Trinajstić information content (AvgIpc) is 3.17. The number of carbonyl (C=O) groups excluding carboxylic acids is 1. The number of fused-ring (bicyclic) bond motifs is 2. The molecule has 0 saturated heterocycles. The number of amides is 2. The Labute approximate surface area is 353 Å². The third-order valence-electron chi connectivity index (χ3n) is 9.00. The van der Waals surface area contributed by atoms with Crippen LogP contribution in [0.3, 0.4) is 0 Å². The van der Waals surface area contributed by atoms with Gasteiger partial charge < -0.3 is 20.1 Å². The van der Waals surface area contributed by atoms with Gasteiger partial charge in [-0.2, -0.15) is 54.1 Å². The Morgan fingerprint density at radius 1 is 0.484 bits per heavy atom. The molecule has 21 nitrogen and oxygen atoms in total. The monoisotopic (exact) mass is 928 g/mol. The predicted molar refractivity (Wildman–Crippen MR) is 224 cm³/mol. The van der Waals surface area contributed by atoms with Gasteiger partial charge in [0.25, 0.3) is 40.5 Å². The number of aryl methyl sites for hydroxylation is 2. The fourth-order valence-corrected chi connectivity index (χ4v) is 9.06. The van der Waals surface area contributed by atoms with E-state index in [4.69, 9.17) is 9.47 Å². The van der Waals surface area contributed by atoms with Crippen molar-refractivity contribution in [2.24, 2.45) is 20.5 Å². The smallest absolute Gasteiger partial charge is 0.323 e. The molecule has 25 heteroatoms. The first-order valence-corrected chi connectivity index (χ1v) is 23.0. The van der Waals surface area contributed by atoms with Crippen molar-refractivity contribution in [3.63, 3.8) is 0 Å². The van der Waals surface area contributed by atoms with E-state index in [0.29, 0.717) is 11.1 Å². The second-order valence-electron chi connectivity index (χ2n) is 13.1. The molecule has 62 heavy (non-hydrogen) atoms. The Kier molecular flexibility index (Phi) is 12.2. The number of urea groups is 1. The number of ether oxygens (including phenoxy) is 2. The second-order valence-corrected chi connectivity index (χ2v) is 18.7. The zero-order chi connectivity index (χ0) is 45.5. The van der Waals surface area contributed by atoms with Gasteiger partial charge in [-0.05, 0) is 73.5 Å². The Balaban J connectivity index is 1.26. The lowest BCUT2D eigenvalue weighted by Crippen LogP contribution is -2.20. The van der Waals surface area contributed by atoms with Crippen LogP contribution in [0, 0.1) is 13.8 Å². The van der Waals surface area contributed by atoms with Gasteiger partial charge in [-0.3, -0.25) is 18.2 Å². The summed E-state index contributed by atoms with van der Waals surface area (Å²) in [5.41, 5.74) is 1.11. The van der Waals surface area contributed by atoms with E-state index in [2.05, 4.69) is 31.1 Å². The van der Waals surface area contributed by atoms with E-state index in [1.807, 2.05) is 0 Å². The molecule has 324 valence electrons. The van der Waals surface area contributed by atoms with E-state index in [1.54, 1.807) is 13.8 Å². The summed E-state index contributed by atoms with van der Waals surface area (Å²) in [6.07, 6.45) is 0. The molecular formula is C37H32N6O15S4. The molecule has 0 unspecified atom stereocenters. The van der Waals surface area contributed by atoms with Crippen LogP contribution < -0.4 is 20.1 Å². The minimum absolute atomic E-state index is 0.0963. The maximum atomic E-state index is 13.3. The molecule has 6 rings (SSSR count). The van der Waals surface area contributed by atoms with Crippen LogP contribution in [0.1, 0.15) is 11.1 Å². The van der Waals surface area contributed by atoms with Crippen LogP contribution in [0.15, 0.2) is 125 Å². The van der Waals surface area contributed by atoms with Gasteiger partial charge in [0.1, 0.15) is 31.1 Å². The first-order chi connectivity index (χ1) is 28.9. The lowest BCUT2D eigenvalue weighted by Gasteiger charge is -2.15. The van der Waals surface area contributed by atoms with E-state index in [1.165, 1.54) is 62.8 Å². The van der Waals surface area contributed by atoms with E-state index >= 15 is 0 Å². The van der Waals surface area contributed by atoms with Crippen molar-refractivity contribution in [2.75, 3.05) is 24.9 Å². The van der Waals surface area contributed by atoms with Crippen LogP contribution in [0.2, 0.25) is 0 Å². The topological polar surface area (TPSA) is 327 Å². The molecule has 6 aromatic rings. The molecule has 0 atom stereocenters. The zero-order valence-corrected chi connectivity index (χ0v) is 35.6. The lowest BCUT2D eigenvalue weighted by atomic mass is 10.1. The van der Waals surface area contributed by atoms with Crippen LogP contribution in [-0.4, -0.2) is 72.1 Å². The average molecular weight is 929 g/mol. The quantitative estimate of drug-likeness (QED) is 0.0499. The number of anilines is 2. The highest BCUT2D eigenvalue weighted by atomic mass is 32.2. The molecule has 0 aliphatic carbocycles. The van der Waals surface area contributed by atoms with Crippen molar-refractivity contribution in [1.82, 2.24) is 0 Å². The number of hydrogen-bond acceptors (Lipinski definition) is 15. The normalized spacial score (nSPS) is 12.6. The SMILES string of the molecule is COc1cc(/N=N/c2cc(S(=O)(=O)O)c3cccc(S(=O)(=O)O)c3c2)c(C)cc1NC(=O)Nc1cc(C)c(/N=N/c2cc(S(=O)(=O)O)c3cccc(S(=O)(=O)O)c3c2)cc1OC. The van der Waals surface area contributed by atoms with Crippen molar-refractivity contribution in [3.05, 3.63) is 96.1 Å². The van der Waals surface area contributed by atoms with E-state index in [9.17, 15) is 56.7 Å². The van der Waals surface area contributed by atoms with Crippen molar-refractivity contribution < 1.29 is 66.2 Å². The molecular weight excluding hydrogens is 897 g/mol. The number of nitrogens with zero attached hydrogens (tertiary/aromatic N) is 4. The van der Waals surface area contributed by atoms with Crippen LogP contribution in [0.4, 0.5) is 38.9 Å². The largest absolute Gasteiger partial charge is 0.494 e. The van der Waals surface area contributed by atoms with Crippen molar-refractivity contribution in [3.8, 4) is 11.5 Å².